The van der Waals surface area contributed by atoms with Crippen LogP contribution in [0.2, 0.25) is 0 Å². The van der Waals surface area contributed by atoms with Gasteiger partial charge in [-0.1, -0.05) is 45.5 Å². The Hall–Kier alpha value is -1.47. The number of hydrogen-bond acceptors (Lipinski definition) is 4. The molecule has 1 aliphatic heterocycles. The average Bonchev–Trinajstić information content (AvgIpc) is 2.80. The Labute approximate surface area is 135 Å². The van der Waals surface area contributed by atoms with Crippen molar-refractivity contribution in [3.8, 4) is 0 Å². The van der Waals surface area contributed by atoms with Crippen molar-refractivity contribution in [2.45, 2.75) is 13.3 Å². The zero-order valence-corrected chi connectivity index (χ0v) is 13.9. The maximum absolute atomic E-state index is 12.0. The van der Waals surface area contributed by atoms with Crippen molar-refractivity contribution in [2.75, 3.05) is 18.4 Å². The van der Waals surface area contributed by atoms with E-state index in [0.29, 0.717) is 11.0 Å². The highest BCUT2D eigenvalue weighted by Crippen LogP contribution is 2.25. The molecule has 2 aromatic rings. The Bertz CT molecular complexity index is 654. The molecule has 0 saturated carbocycles. The molecule has 1 saturated heterocycles. The van der Waals surface area contributed by atoms with Gasteiger partial charge in [0.25, 0.3) is 0 Å². The van der Waals surface area contributed by atoms with E-state index in [1.165, 1.54) is 16.9 Å². The highest BCUT2D eigenvalue weighted by Gasteiger charge is 2.31. The number of aromatic nitrogens is 2. The molecule has 1 aliphatic rings. The van der Waals surface area contributed by atoms with Crippen LogP contribution >= 0.6 is 27.3 Å². The normalized spacial score (nSPS) is 14.9. The average molecular weight is 367 g/mol. The molecule has 110 valence electrons. The largest absolute Gasteiger partial charge is 0.324 e. The predicted octanol–water partition coefficient (Wildman–Crippen LogP) is 3.32. The van der Waals surface area contributed by atoms with Gasteiger partial charge in [0.15, 0.2) is 0 Å². The molecule has 21 heavy (non-hydrogen) atoms. The molecule has 1 aromatic carbocycles. The molecule has 2 heterocycles. The first-order chi connectivity index (χ1) is 10.1. The monoisotopic (exact) mass is 366 g/mol. The summed E-state index contributed by atoms with van der Waals surface area (Å²) in [6.45, 7) is 3.43. The summed E-state index contributed by atoms with van der Waals surface area (Å²) in [7, 11) is 0. The number of nitrogens with zero attached hydrogens (tertiary/aromatic N) is 3. The lowest BCUT2D eigenvalue weighted by Crippen LogP contribution is -2.52. The van der Waals surface area contributed by atoms with E-state index in [9.17, 15) is 4.79 Å². The summed E-state index contributed by atoms with van der Waals surface area (Å²) < 4.78 is 1.14. The van der Waals surface area contributed by atoms with Gasteiger partial charge in [0, 0.05) is 17.6 Å². The molecule has 0 bridgehead atoms. The van der Waals surface area contributed by atoms with Crippen LogP contribution in [0.15, 0.2) is 28.7 Å². The van der Waals surface area contributed by atoms with Crippen LogP contribution in [0.3, 0.4) is 0 Å². The van der Waals surface area contributed by atoms with Crippen molar-refractivity contribution in [1.82, 2.24) is 15.1 Å². The van der Waals surface area contributed by atoms with Gasteiger partial charge in [0.2, 0.25) is 5.13 Å². The number of halogens is 1. The maximum Gasteiger partial charge on any atom is 0.323 e. The van der Waals surface area contributed by atoms with Crippen molar-refractivity contribution < 1.29 is 4.79 Å². The van der Waals surface area contributed by atoms with Crippen LogP contribution in [0.1, 0.15) is 10.6 Å². The number of anilines is 1. The summed E-state index contributed by atoms with van der Waals surface area (Å²) in [6.07, 6.45) is 0.989. The lowest BCUT2D eigenvalue weighted by Gasteiger charge is -2.39. The van der Waals surface area contributed by atoms with Gasteiger partial charge in [-0.25, -0.2) is 4.79 Å². The van der Waals surface area contributed by atoms with Gasteiger partial charge in [-0.05, 0) is 30.9 Å². The minimum atomic E-state index is -0.0884. The van der Waals surface area contributed by atoms with E-state index in [4.69, 9.17) is 0 Å². The van der Waals surface area contributed by atoms with E-state index in [1.54, 1.807) is 4.90 Å². The van der Waals surface area contributed by atoms with Crippen LogP contribution in [-0.2, 0) is 6.42 Å². The highest BCUT2D eigenvalue weighted by atomic mass is 79.9. The lowest BCUT2D eigenvalue weighted by atomic mass is 9.92. The van der Waals surface area contributed by atoms with Crippen molar-refractivity contribution in [3.63, 3.8) is 0 Å². The summed E-state index contributed by atoms with van der Waals surface area (Å²) in [5.41, 5.74) is 1.29. The number of carbonyl (C=O) groups excluding carboxylic acids is 1. The number of rotatable bonds is 3. The third-order valence-corrected chi connectivity index (χ3v) is 4.98. The zero-order chi connectivity index (χ0) is 14.8. The van der Waals surface area contributed by atoms with Gasteiger partial charge in [-0.15, -0.1) is 10.2 Å². The van der Waals surface area contributed by atoms with Gasteiger partial charge >= 0.3 is 6.03 Å². The maximum atomic E-state index is 12.0. The van der Waals surface area contributed by atoms with Crippen molar-refractivity contribution in [2.24, 2.45) is 5.92 Å². The number of benzene rings is 1. The standard InChI is InChI=1S/C14H15BrN4OS/c1-9-17-18-13(21-9)16-14(20)19-7-10(8-19)6-11-4-2-3-5-12(11)15/h2-5,10H,6-8H2,1H3,(H,16,18,20). The second kappa shape index (κ2) is 6.11. The number of carbonyl (C=O) groups is 1. The Morgan fingerprint density at radius 3 is 2.86 bits per heavy atom. The van der Waals surface area contributed by atoms with E-state index < -0.39 is 0 Å². The molecular weight excluding hydrogens is 352 g/mol. The van der Waals surface area contributed by atoms with E-state index >= 15 is 0 Å². The van der Waals surface area contributed by atoms with Gasteiger partial charge in [-0.2, -0.15) is 0 Å². The van der Waals surface area contributed by atoms with Gasteiger partial charge in [0.05, 0.1) is 0 Å². The van der Waals surface area contributed by atoms with Gasteiger partial charge < -0.3 is 4.90 Å². The summed E-state index contributed by atoms with van der Waals surface area (Å²) >= 11 is 4.95. The molecule has 7 heteroatoms. The third-order valence-electron chi connectivity index (χ3n) is 3.45. The van der Waals surface area contributed by atoms with E-state index in [-0.39, 0.29) is 6.03 Å². The van der Waals surface area contributed by atoms with Crippen LogP contribution in [0.25, 0.3) is 0 Å². The van der Waals surface area contributed by atoms with Gasteiger partial charge in [0.1, 0.15) is 5.01 Å². The number of hydrogen-bond donors (Lipinski definition) is 1. The fourth-order valence-corrected chi connectivity index (χ4v) is 3.39. The lowest BCUT2D eigenvalue weighted by molar-refractivity contribution is 0.131. The van der Waals surface area contributed by atoms with Crippen LogP contribution < -0.4 is 5.32 Å². The van der Waals surface area contributed by atoms with Crippen LogP contribution in [0.4, 0.5) is 9.93 Å². The Morgan fingerprint density at radius 1 is 1.43 bits per heavy atom. The van der Waals surface area contributed by atoms with Crippen LogP contribution in [-0.4, -0.2) is 34.2 Å². The number of aryl methyl sites for hydroxylation is 1. The van der Waals surface area contributed by atoms with E-state index in [2.05, 4.69) is 43.6 Å². The second-order valence-electron chi connectivity index (χ2n) is 5.12. The zero-order valence-electron chi connectivity index (χ0n) is 11.5. The molecule has 1 fully saturated rings. The SMILES string of the molecule is Cc1nnc(NC(=O)N2CC(Cc3ccccc3Br)C2)s1. The second-order valence-corrected chi connectivity index (χ2v) is 7.16. The van der Waals surface area contributed by atoms with E-state index in [0.717, 1.165) is 29.0 Å². The van der Waals surface area contributed by atoms with Crippen molar-refractivity contribution >= 4 is 38.4 Å². The summed E-state index contributed by atoms with van der Waals surface area (Å²) in [6, 6.07) is 8.14. The van der Waals surface area contributed by atoms with Crippen molar-refractivity contribution in [3.05, 3.63) is 39.3 Å². The number of urea groups is 1. The molecule has 3 rings (SSSR count). The number of amides is 2. The fraction of sp³-hybridized carbons (Fsp3) is 0.357. The van der Waals surface area contributed by atoms with Crippen molar-refractivity contribution in [1.29, 1.82) is 0 Å². The minimum absolute atomic E-state index is 0.0884. The molecule has 0 unspecified atom stereocenters. The molecule has 0 aliphatic carbocycles. The van der Waals surface area contributed by atoms with Crippen LogP contribution in [0.5, 0.6) is 0 Å². The topological polar surface area (TPSA) is 58.1 Å². The molecule has 0 radical (unpaired) electrons. The summed E-state index contributed by atoms with van der Waals surface area (Å²) in [4.78, 5) is 13.8. The molecule has 0 atom stereocenters. The Morgan fingerprint density at radius 2 is 2.19 bits per heavy atom. The number of nitrogens with one attached hydrogen (secondary N) is 1. The Balaban J connectivity index is 1.49. The first kappa shape index (κ1) is 14.5. The molecule has 1 aromatic heterocycles. The highest BCUT2D eigenvalue weighted by molar-refractivity contribution is 9.10. The molecule has 0 spiro atoms. The predicted molar refractivity (Wildman–Crippen MR) is 86.6 cm³/mol. The third kappa shape index (κ3) is 3.41. The quantitative estimate of drug-likeness (QED) is 0.906. The fourth-order valence-electron chi connectivity index (χ4n) is 2.36. The minimum Gasteiger partial charge on any atom is -0.324 e. The van der Waals surface area contributed by atoms with Gasteiger partial charge in [-0.3, -0.25) is 5.32 Å². The molecule has 2 amide bonds. The van der Waals surface area contributed by atoms with Crippen LogP contribution in [0, 0.1) is 12.8 Å². The summed E-state index contributed by atoms with van der Waals surface area (Å²) in [5, 5.41) is 12.0. The van der Waals surface area contributed by atoms with E-state index in [1.807, 2.05) is 19.1 Å². The first-order valence-corrected chi connectivity index (χ1v) is 8.32. The molecule has 5 nitrogen and oxygen atoms in total. The molecular formula is C14H15BrN4OS. The summed E-state index contributed by atoms with van der Waals surface area (Å²) in [5.74, 6) is 0.519. The number of likely N-dealkylation sites (tertiary alicyclic amines) is 1. The molecule has 1 N–H and O–H groups in total. The first-order valence-electron chi connectivity index (χ1n) is 6.71. The smallest absolute Gasteiger partial charge is 0.323 e. The Kier molecular flexibility index (Phi) is 4.21.